The Morgan fingerprint density at radius 3 is 2.67 bits per heavy atom. The van der Waals surface area contributed by atoms with E-state index in [1.807, 2.05) is 0 Å². The van der Waals surface area contributed by atoms with E-state index in [4.69, 9.17) is 14.5 Å². The van der Waals surface area contributed by atoms with Gasteiger partial charge in [-0.1, -0.05) is 6.58 Å². The fourth-order valence-electron chi connectivity index (χ4n) is 0.860. The minimum Gasteiger partial charge on any atom is -0.460 e. The van der Waals surface area contributed by atoms with Crippen LogP contribution in [0.25, 0.3) is 0 Å². The molecule has 0 saturated heterocycles. The Morgan fingerprint density at radius 1 is 1.60 bits per heavy atom. The van der Waals surface area contributed by atoms with Gasteiger partial charge >= 0.3 is 13.8 Å². The lowest BCUT2D eigenvalue weighted by molar-refractivity contribution is -0.142. The first kappa shape index (κ1) is 14.3. The maximum atomic E-state index is 10.7. The summed E-state index contributed by atoms with van der Waals surface area (Å²) in [6, 6.07) is 0. The standard InChI is InChI=1S/C8H15O6P/c1-3-8(9)14-7(2)5-4-6-13-15(10,11)12/h3,7H,1,4-6H2,2H3,(H2,10,11,12). The predicted octanol–water partition coefficient (Wildman–Crippen LogP) is 0.994. The van der Waals surface area contributed by atoms with E-state index in [0.717, 1.165) is 6.08 Å². The second kappa shape index (κ2) is 6.74. The lowest BCUT2D eigenvalue weighted by Gasteiger charge is -2.11. The van der Waals surface area contributed by atoms with Gasteiger partial charge in [-0.05, 0) is 19.8 Å². The molecule has 0 bridgehead atoms. The summed E-state index contributed by atoms with van der Waals surface area (Å²) in [5.74, 6) is -0.515. The van der Waals surface area contributed by atoms with Crippen molar-refractivity contribution in [2.24, 2.45) is 0 Å². The van der Waals surface area contributed by atoms with E-state index in [1.54, 1.807) is 6.92 Å². The average molecular weight is 238 g/mol. The van der Waals surface area contributed by atoms with E-state index in [-0.39, 0.29) is 12.7 Å². The van der Waals surface area contributed by atoms with E-state index >= 15 is 0 Å². The molecule has 0 saturated carbocycles. The third-order valence-electron chi connectivity index (χ3n) is 1.50. The lowest BCUT2D eigenvalue weighted by Crippen LogP contribution is -2.13. The molecular formula is C8H15O6P. The molecule has 0 aliphatic heterocycles. The van der Waals surface area contributed by atoms with Gasteiger partial charge in [0.2, 0.25) is 0 Å². The summed E-state index contributed by atoms with van der Waals surface area (Å²) in [4.78, 5) is 27.4. The van der Waals surface area contributed by atoms with Crippen LogP contribution in [0.2, 0.25) is 0 Å². The van der Waals surface area contributed by atoms with Gasteiger partial charge in [0.05, 0.1) is 12.7 Å². The van der Waals surface area contributed by atoms with Gasteiger partial charge in [-0.2, -0.15) is 0 Å². The molecule has 0 aliphatic carbocycles. The molecule has 0 rings (SSSR count). The van der Waals surface area contributed by atoms with E-state index < -0.39 is 13.8 Å². The average Bonchev–Trinajstić information content (AvgIpc) is 2.11. The van der Waals surface area contributed by atoms with Gasteiger partial charge in [0, 0.05) is 6.08 Å². The van der Waals surface area contributed by atoms with Gasteiger partial charge in [-0.15, -0.1) is 0 Å². The summed E-state index contributed by atoms with van der Waals surface area (Å²) in [5, 5.41) is 0. The van der Waals surface area contributed by atoms with Crippen LogP contribution in [0.5, 0.6) is 0 Å². The van der Waals surface area contributed by atoms with Crippen LogP contribution >= 0.6 is 7.82 Å². The van der Waals surface area contributed by atoms with Crippen molar-refractivity contribution in [1.82, 2.24) is 0 Å². The zero-order valence-electron chi connectivity index (χ0n) is 8.46. The lowest BCUT2D eigenvalue weighted by atomic mass is 10.2. The summed E-state index contributed by atoms with van der Waals surface area (Å²) in [5.41, 5.74) is 0. The van der Waals surface area contributed by atoms with Gasteiger partial charge in [0.1, 0.15) is 0 Å². The number of carbonyl (C=O) groups is 1. The van der Waals surface area contributed by atoms with Crippen molar-refractivity contribution >= 4 is 13.8 Å². The molecule has 7 heteroatoms. The number of hydrogen-bond acceptors (Lipinski definition) is 4. The Kier molecular flexibility index (Phi) is 6.43. The Balaban J connectivity index is 3.55. The van der Waals surface area contributed by atoms with Crippen LogP contribution in [0.1, 0.15) is 19.8 Å². The summed E-state index contributed by atoms with van der Waals surface area (Å²) in [6.07, 6.45) is 1.61. The first-order valence-electron chi connectivity index (χ1n) is 4.38. The topological polar surface area (TPSA) is 93.1 Å². The third-order valence-corrected chi connectivity index (χ3v) is 2.02. The van der Waals surface area contributed by atoms with Gasteiger partial charge in [0.15, 0.2) is 0 Å². The van der Waals surface area contributed by atoms with Gasteiger partial charge in [-0.25, -0.2) is 9.36 Å². The van der Waals surface area contributed by atoms with E-state index in [9.17, 15) is 9.36 Å². The highest BCUT2D eigenvalue weighted by atomic mass is 31.2. The molecule has 1 atom stereocenters. The number of phosphoric ester groups is 1. The molecular weight excluding hydrogens is 223 g/mol. The first-order valence-corrected chi connectivity index (χ1v) is 5.91. The van der Waals surface area contributed by atoms with E-state index in [1.165, 1.54) is 0 Å². The molecule has 0 aliphatic rings. The van der Waals surface area contributed by atoms with Gasteiger partial charge in [-0.3, -0.25) is 4.52 Å². The van der Waals surface area contributed by atoms with Crippen LogP contribution in [-0.2, 0) is 18.6 Å². The van der Waals surface area contributed by atoms with Crippen molar-refractivity contribution in [1.29, 1.82) is 0 Å². The Bertz CT molecular complexity index is 258. The van der Waals surface area contributed by atoms with Gasteiger partial charge < -0.3 is 14.5 Å². The Hall–Kier alpha value is -0.680. The smallest absolute Gasteiger partial charge is 0.460 e. The summed E-state index contributed by atoms with van der Waals surface area (Å²) < 4.78 is 19.3. The minimum atomic E-state index is -4.38. The molecule has 0 heterocycles. The van der Waals surface area contributed by atoms with Crippen molar-refractivity contribution in [2.75, 3.05) is 6.61 Å². The Morgan fingerprint density at radius 2 is 2.20 bits per heavy atom. The quantitative estimate of drug-likeness (QED) is 0.297. The molecule has 88 valence electrons. The Labute approximate surface area is 88.1 Å². The van der Waals surface area contributed by atoms with Crippen LogP contribution < -0.4 is 0 Å². The fourth-order valence-corrected chi connectivity index (χ4v) is 1.23. The zero-order valence-corrected chi connectivity index (χ0v) is 9.35. The minimum absolute atomic E-state index is 0.0692. The monoisotopic (exact) mass is 238 g/mol. The molecule has 0 radical (unpaired) electrons. The van der Waals surface area contributed by atoms with E-state index in [2.05, 4.69) is 11.1 Å². The maximum Gasteiger partial charge on any atom is 0.469 e. The van der Waals surface area contributed by atoms with Crippen LogP contribution in [0.4, 0.5) is 0 Å². The van der Waals surface area contributed by atoms with Gasteiger partial charge in [0.25, 0.3) is 0 Å². The van der Waals surface area contributed by atoms with Crippen LogP contribution in [0.3, 0.4) is 0 Å². The van der Waals surface area contributed by atoms with Crippen molar-refractivity contribution in [3.8, 4) is 0 Å². The van der Waals surface area contributed by atoms with Crippen LogP contribution in [0, 0.1) is 0 Å². The molecule has 15 heavy (non-hydrogen) atoms. The normalized spacial score (nSPS) is 13.3. The molecule has 0 fully saturated rings. The summed E-state index contributed by atoms with van der Waals surface area (Å²) >= 11 is 0. The highest BCUT2D eigenvalue weighted by Gasteiger charge is 2.13. The SMILES string of the molecule is C=CC(=O)OC(C)CCCOP(=O)(O)O. The number of hydrogen-bond donors (Lipinski definition) is 2. The molecule has 0 amide bonds. The zero-order chi connectivity index (χ0) is 11.9. The second-order valence-electron chi connectivity index (χ2n) is 2.92. The summed E-state index contributed by atoms with van der Waals surface area (Å²) in [6.45, 7) is 4.85. The highest BCUT2D eigenvalue weighted by molar-refractivity contribution is 7.46. The van der Waals surface area contributed by atoms with Crippen molar-refractivity contribution in [3.63, 3.8) is 0 Å². The highest BCUT2D eigenvalue weighted by Crippen LogP contribution is 2.35. The number of rotatable bonds is 7. The van der Waals surface area contributed by atoms with Crippen molar-refractivity contribution in [3.05, 3.63) is 12.7 Å². The molecule has 1 unspecified atom stereocenters. The maximum absolute atomic E-state index is 10.7. The first-order chi connectivity index (χ1) is 6.85. The van der Waals surface area contributed by atoms with Crippen molar-refractivity contribution < 1.29 is 28.4 Å². The summed E-state index contributed by atoms with van der Waals surface area (Å²) in [7, 11) is -4.38. The number of esters is 1. The number of phosphoric acid groups is 1. The molecule has 2 N–H and O–H groups in total. The molecule has 0 aromatic carbocycles. The van der Waals surface area contributed by atoms with E-state index in [0.29, 0.717) is 12.8 Å². The molecule has 6 nitrogen and oxygen atoms in total. The van der Waals surface area contributed by atoms with Crippen molar-refractivity contribution in [2.45, 2.75) is 25.9 Å². The third kappa shape index (κ3) is 9.62. The number of carbonyl (C=O) groups excluding carboxylic acids is 1. The van der Waals surface area contributed by atoms with Crippen LogP contribution in [-0.4, -0.2) is 28.5 Å². The molecule has 0 aromatic heterocycles. The molecule has 0 aromatic rings. The number of ether oxygens (including phenoxy) is 1. The predicted molar refractivity (Wildman–Crippen MR) is 53.0 cm³/mol. The van der Waals surface area contributed by atoms with Crippen LogP contribution in [0.15, 0.2) is 12.7 Å². The molecule has 0 spiro atoms. The largest absolute Gasteiger partial charge is 0.469 e. The second-order valence-corrected chi connectivity index (χ2v) is 4.16. The fraction of sp³-hybridized carbons (Fsp3) is 0.625.